The lowest BCUT2D eigenvalue weighted by Gasteiger charge is -2.16. The van der Waals surface area contributed by atoms with Crippen molar-refractivity contribution in [2.45, 2.75) is 19.8 Å². The van der Waals surface area contributed by atoms with Crippen LogP contribution in [0.25, 0.3) is 28.1 Å². The van der Waals surface area contributed by atoms with Crippen molar-refractivity contribution in [3.8, 4) is 28.6 Å². The van der Waals surface area contributed by atoms with E-state index in [1.807, 2.05) is 0 Å². The summed E-state index contributed by atoms with van der Waals surface area (Å²) in [6.07, 6.45) is 2.64. The van der Waals surface area contributed by atoms with Crippen LogP contribution in [0.1, 0.15) is 25.5 Å². The Bertz CT molecular complexity index is 1520. The zero-order valence-corrected chi connectivity index (χ0v) is 18.1. The van der Waals surface area contributed by atoms with Crippen molar-refractivity contribution in [2.75, 3.05) is 7.11 Å². The lowest BCUT2D eigenvalue weighted by Crippen LogP contribution is -2.25. The summed E-state index contributed by atoms with van der Waals surface area (Å²) in [5, 5.41) is 21.7. The maximum atomic E-state index is 15.2. The average Bonchev–Trinajstić information content (AvgIpc) is 2.79. The Morgan fingerprint density at radius 1 is 1.18 bits per heavy atom. The van der Waals surface area contributed by atoms with Gasteiger partial charge in [-0.05, 0) is 24.1 Å². The number of rotatable bonds is 5. The second-order valence-electron chi connectivity index (χ2n) is 7.52. The number of ether oxygens (including phenoxy) is 1. The van der Waals surface area contributed by atoms with Crippen molar-refractivity contribution in [1.29, 1.82) is 0 Å². The number of nitrogens with zero attached hydrogens (tertiary/aromatic N) is 5. The van der Waals surface area contributed by atoms with E-state index >= 15 is 4.39 Å². The molecule has 0 radical (unpaired) electrons. The maximum absolute atomic E-state index is 15.2. The third-order valence-electron chi connectivity index (χ3n) is 5.13. The molecule has 1 N–H and O–H groups in total. The van der Waals surface area contributed by atoms with E-state index in [2.05, 4.69) is 15.0 Å². The molecule has 0 saturated heterocycles. The lowest BCUT2D eigenvalue weighted by atomic mass is 10.1. The zero-order valence-electron chi connectivity index (χ0n) is 18.1. The van der Waals surface area contributed by atoms with Crippen LogP contribution >= 0.6 is 0 Å². The molecule has 4 rings (SSSR count). The van der Waals surface area contributed by atoms with Gasteiger partial charge in [0.25, 0.3) is 0 Å². The van der Waals surface area contributed by atoms with Gasteiger partial charge in [0.2, 0.25) is 5.75 Å². The van der Waals surface area contributed by atoms with Crippen molar-refractivity contribution in [3.05, 3.63) is 74.5 Å². The van der Waals surface area contributed by atoms with E-state index in [4.69, 9.17) is 4.74 Å². The molecule has 0 aliphatic rings. The normalized spacial score (nSPS) is 11.2. The van der Waals surface area contributed by atoms with Gasteiger partial charge in [-0.25, -0.2) is 23.3 Å². The van der Waals surface area contributed by atoms with Gasteiger partial charge >= 0.3 is 11.2 Å². The highest BCUT2D eigenvalue weighted by atomic mass is 19.1. The van der Waals surface area contributed by atoms with E-state index in [-0.39, 0.29) is 28.7 Å². The molecule has 3 aromatic heterocycles. The topological polar surface area (TPSA) is 133 Å². The molecule has 1 aromatic carbocycles. The Hall–Kier alpha value is -4.48. The highest BCUT2D eigenvalue weighted by molar-refractivity contribution is 5.89. The fraction of sp³-hybridized carbons (Fsp3) is 0.182. The molecule has 34 heavy (non-hydrogen) atoms. The first-order valence-electron chi connectivity index (χ1n) is 9.94. The number of nitro groups is 1. The van der Waals surface area contributed by atoms with Crippen molar-refractivity contribution in [1.82, 2.24) is 19.5 Å². The predicted octanol–water partition coefficient (Wildman–Crippen LogP) is 3.87. The Morgan fingerprint density at radius 3 is 2.53 bits per heavy atom. The molecule has 174 valence electrons. The number of fused-ring (bicyclic) bond motifs is 1. The maximum Gasteiger partial charge on any atom is 0.376 e. The minimum Gasteiger partial charge on any atom is -0.501 e. The number of aromatic nitrogens is 4. The lowest BCUT2D eigenvalue weighted by molar-refractivity contribution is -0.387. The molecule has 0 aliphatic heterocycles. The van der Waals surface area contributed by atoms with E-state index in [9.17, 15) is 24.4 Å². The van der Waals surface area contributed by atoms with E-state index < -0.39 is 44.6 Å². The number of hydrogen-bond acceptors (Lipinski definition) is 8. The van der Waals surface area contributed by atoms with Gasteiger partial charge in [-0.1, -0.05) is 19.9 Å². The second kappa shape index (κ2) is 8.46. The predicted molar refractivity (Wildman–Crippen MR) is 117 cm³/mol. The third-order valence-corrected chi connectivity index (χ3v) is 5.13. The summed E-state index contributed by atoms with van der Waals surface area (Å²) in [6, 6.07) is 4.57. The van der Waals surface area contributed by atoms with Crippen LogP contribution in [0.4, 0.5) is 14.5 Å². The minimum absolute atomic E-state index is 0.0341. The first-order chi connectivity index (χ1) is 16.2. The van der Waals surface area contributed by atoms with Crippen LogP contribution in [0.15, 0.2) is 41.5 Å². The zero-order chi connectivity index (χ0) is 24.7. The fourth-order valence-corrected chi connectivity index (χ4v) is 3.62. The van der Waals surface area contributed by atoms with Crippen molar-refractivity contribution < 1.29 is 23.5 Å². The number of pyridine rings is 2. The van der Waals surface area contributed by atoms with Crippen LogP contribution in [0.3, 0.4) is 0 Å². The van der Waals surface area contributed by atoms with Gasteiger partial charge in [-0.2, -0.15) is 0 Å². The van der Waals surface area contributed by atoms with Crippen LogP contribution in [0, 0.1) is 21.7 Å². The molecule has 0 bridgehead atoms. The van der Waals surface area contributed by atoms with Crippen LogP contribution in [-0.4, -0.2) is 36.7 Å². The van der Waals surface area contributed by atoms with Crippen molar-refractivity contribution >= 4 is 16.7 Å². The highest BCUT2D eigenvalue weighted by Crippen LogP contribution is 2.38. The number of aromatic hydroxyl groups is 1. The van der Waals surface area contributed by atoms with Crippen molar-refractivity contribution in [3.63, 3.8) is 0 Å². The van der Waals surface area contributed by atoms with Gasteiger partial charge in [0.1, 0.15) is 17.3 Å². The van der Waals surface area contributed by atoms with Gasteiger partial charge < -0.3 is 9.84 Å². The molecule has 0 saturated carbocycles. The molecule has 0 amide bonds. The largest absolute Gasteiger partial charge is 0.501 e. The standard InChI is InChI=1S/C22H17F2N5O5/c1-10(2)16-21(26-8-7-25-16)28-20-11(19(30)18(22(28)31)29(32)33)9-13(24)17(27-20)15-12(23)5-4-6-14(15)34-3/h4-10,30H,1-3H3. The van der Waals surface area contributed by atoms with Crippen LogP contribution in [-0.2, 0) is 0 Å². The number of benzene rings is 1. The Labute approximate surface area is 190 Å². The molecule has 0 atom stereocenters. The van der Waals surface area contributed by atoms with Gasteiger partial charge in [-0.15, -0.1) is 0 Å². The first kappa shape index (κ1) is 22.7. The monoisotopic (exact) mass is 469 g/mol. The summed E-state index contributed by atoms with van der Waals surface area (Å²) >= 11 is 0. The summed E-state index contributed by atoms with van der Waals surface area (Å²) in [6.45, 7) is 3.52. The van der Waals surface area contributed by atoms with E-state index in [0.717, 1.165) is 16.7 Å². The fourth-order valence-electron chi connectivity index (χ4n) is 3.62. The Kier molecular flexibility index (Phi) is 5.65. The summed E-state index contributed by atoms with van der Waals surface area (Å²) < 4.78 is 35.8. The van der Waals surface area contributed by atoms with Gasteiger partial charge in [-0.3, -0.25) is 19.9 Å². The van der Waals surface area contributed by atoms with E-state index in [1.54, 1.807) is 13.8 Å². The molecule has 3 heterocycles. The smallest absolute Gasteiger partial charge is 0.376 e. The number of hydrogen-bond donors (Lipinski definition) is 1. The van der Waals surface area contributed by atoms with Gasteiger partial charge in [0.05, 0.1) is 28.7 Å². The summed E-state index contributed by atoms with van der Waals surface area (Å²) in [4.78, 5) is 36.2. The Morgan fingerprint density at radius 2 is 1.88 bits per heavy atom. The van der Waals surface area contributed by atoms with Gasteiger partial charge in [0, 0.05) is 12.4 Å². The molecule has 4 aromatic rings. The summed E-state index contributed by atoms with van der Waals surface area (Å²) in [5.41, 5.74) is -3.39. The molecule has 0 fully saturated rings. The van der Waals surface area contributed by atoms with E-state index in [1.165, 1.54) is 31.6 Å². The molecule has 0 unspecified atom stereocenters. The molecule has 0 spiro atoms. The third kappa shape index (κ3) is 3.49. The molecular formula is C22H17F2N5O5. The summed E-state index contributed by atoms with van der Waals surface area (Å²) in [7, 11) is 1.26. The average molecular weight is 469 g/mol. The first-order valence-corrected chi connectivity index (χ1v) is 9.94. The van der Waals surface area contributed by atoms with E-state index in [0.29, 0.717) is 5.69 Å². The Balaban J connectivity index is 2.23. The molecule has 10 nitrogen and oxygen atoms in total. The second-order valence-corrected chi connectivity index (χ2v) is 7.52. The minimum atomic E-state index is -1.26. The number of halogens is 2. The van der Waals surface area contributed by atoms with Crippen LogP contribution in [0.2, 0.25) is 0 Å². The van der Waals surface area contributed by atoms with Crippen LogP contribution in [0.5, 0.6) is 11.5 Å². The van der Waals surface area contributed by atoms with Crippen molar-refractivity contribution in [2.24, 2.45) is 0 Å². The summed E-state index contributed by atoms with van der Waals surface area (Å²) in [5.74, 6) is -3.43. The number of methoxy groups -OCH3 is 1. The van der Waals surface area contributed by atoms with Gasteiger partial charge in [0.15, 0.2) is 17.3 Å². The van der Waals surface area contributed by atoms with Crippen LogP contribution < -0.4 is 10.3 Å². The molecule has 0 aliphatic carbocycles. The molecule has 12 heteroatoms. The SMILES string of the molecule is COc1cccc(F)c1-c1nc2c(cc1F)c(O)c([N+](=O)[O-])c(=O)n2-c1nccnc1C(C)C. The highest BCUT2D eigenvalue weighted by Gasteiger charge is 2.31. The quantitative estimate of drug-likeness (QED) is 0.344. The molecular weight excluding hydrogens is 452 g/mol.